The third-order valence-electron chi connectivity index (χ3n) is 3.67. The maximum atomic E-state index is 12.4. The predicted molar refractivity (Wildman–Crippen MR) is 95.3 cm³/mol. The minimum Gasteiger partial charge on any atom is -0.446 e. The van der Waals surface area contributed by atoms with Crippen LogP contribution in [0.15, 0.2) is 16.6 Å². The maximum absolute atomic E-state index is 12.4. The van der Waals surface area contributed by atoms with Gasteiger partial charge in [0.15, 0.2) is 0 Å². The molecule has 1 aromatic carbocycles. The standard InChI is InChI=1S/C16H22BrN3O3/c1-9(2)23-16(22)19-8-10(3)20(11(4)21)15-7-13(18-5)12(17)6-14(15)19/h6-7,9-10,18H,8H2,1-5H3. The van der Waals surface area contributed by atoms with Gasteiger partial charge in [-0.25, -0.2) is 4.79 Å². The first-order valence-corrected chi connectivity index (χ1v) is 8.34. The van der Waals surface area contributed by atoms with Crippen molar-refractivity contribution in [2.75, 3.05) is 28.7 Å². The van der Waals surface area contributed by atoms with E-state index in [-0.39, 0.29) is 18.1 Å². The van der Waals surface area contributed by atoms with Crippen molar-refractivity contribution in [1.29, 1.82) is 0 Å². The summed E-state index contributed by atoms with van der Waals surface area (Å²) in [5.41, 5.74) is 2.21. The molecule has 0 aliphatic carbocycles. The van der Waals surface area contributed by atoms with Gasteiger partial charge >= 0.3 is 6.09 Å². The monoisotopic (exact) mass is 383 g/mol. The number of benzene rings is 1. The number of nitrogens with one attached hydrogen (secondary N) is 1. The summed E-state index contributed by atoms with van der Waals surface area (Å²) in [6.07, 6.45) is -0.604. The van der Waals surface area contributed by atoms with Crippen molar-refractivity contribution in [2.24, 2.45) is 0 Å². The molecule has 1 unspecified atom stereocenters. The average molecular weight is 384 g/mol. The molecule has 1 aliphatic rings. The zero-order valence-electron chi connectivity index (χ0n) is 14.0. The van der Waals surface area contributed by atoms with Gasteiger partial charge in [0.2, 0.25) is 5.91 Å². The molecule has 1 N–H and O–H groups in total. The second kappa shape index (κ2) is 6.78. The molecule has 1 aliphatic heterocycles. The Morgan fingerprint density at radius 1 is 1.35 bits per heavy atom. The fraction of sp³-hybridized carbons (Fsp3) is 0.500. The van der Waals surface area contributed by atoms with Crippen LogP contribution in [0.1, 0.15) is 27.7 Å². The Labute approximate surface area is 144 Å². The van der Waals surface area contributed by atoms with Gasteiger partial charge in [0.25, 0.3) is 0 Å². The molecule has 1 heterocycles. The van der Waals surface area contributed by atoms with E-state index in [1.54, 1.807) is 9.80 Å². The molecule has 1 atom stereocenters. The van der Waals surface area contributed by atoms with Gasteiger partial charge in [-0.15, -0.1) is 0 Å². The van der Waals surface area contributed by atoms with Gasteiger partial charge in [-0.1, -0.05) is 0 Å². The first-order chi connectivity index (χ1) is 10.8. The van der Waals surface area contributed by atoms with Crippen LogP contribution in [0.3, 0.4) is 0 Å². The average Bonchev–Trinajstić information content (AvgIpc) is 2.44. The molecule has 2 amide bonds. The molecular weight excluding hydrogens is 362 g/mol. The molecule has 126 valence electrons. The molecular formula is C16H22BrN3O3. The SMILES string of the molecule is CNc1cc2c(cc1Br)N(C(=O)OC(C)C)CC(C)N2C(C)=O. The van der Waals surface area contributed by atoms with E-state index in [4.69, 9.17) is 4.74 Å². The smallest absolute Gasteiger partial charge is 0.414 e. The van der Waals surface area contributed by atoms with Gasteiger partial charge in [-0.2, -0.15) is 0 Å². The number of hydrogen-bond acceptors (Lipinski definition) is 4. The molecule has 0 aromatic heterocycles. The Hall–Kier alpha value is -1.76. The van der Waals surface area contributed by atoms with Gasteiger partial charge in [0.05, 0.1) is 29.2 Å². The van der Waals surface area contributed by atoms with Gasteiger partial charge in [-0.3, -0.25) is 9.69 Å². The second-order valence-corrected chi connectivity index (χ2v) is 6.71. The first-order valence-electron chi connectivity index (χ1n) is 7.55. The largest absolute Gasteiger partial charge is 0.446 e. The van der Waals surface area contributed by atoms with Crippen LogP contribution in [-0.4, -0.2) is 37.7 Å². The van der Waals surface area contributed by atoms with E-state index in [2.05, 4.69) is 21.2 Å². The number of amides is 2. The van der Waals surface area contributed by atoms with Crippen LogP contribution in [0.4, 0.5) is 21.9 Å². The summed E-state index contributed by atoms with van der Waals surface area (Å²) < 4.78 is 6.16. The van der Waals surface area contributed by atoms with E-state index in [0.29, 0.717) is 17.9 Å². The van der Waals surface area contributed by atoms with Gasteiger partial charge < -0.3 is 15.0 Å². The highest BCUT2D eigenvalue weighted by Gasteiger charge is 2.35. The van der Waals surface area contributed by atoms with E-state index in [0.717, 1.165) is 10.2 Å². The predicted octanol–water partition coefficient (Wildman–Crippen LogP) is 3.60. The summed E-state index contributed by atoms with van der Waals surface area (Å²) in [5, 5.41) is 3.08. The fourth-order valence-electron chi connectivity index (χ4n) is 2.75. The number of carbonyl (C=O) groups is 2. The Bertz CT molecular complexity index is 633. The number of anilines is 3. The maximum Gasteiger partial charge on any atom is 0.414 e. The summed E-state index contributed by atoms with van der Waals surface area (Å²) in [5.74, 6) is -0.0556. The minimum absolute atomic E-state index is 0.0556. The van der Waals surface area contributed by atoms with E-state index < -0.39 is 6.09 Å². The molecule has 0 saturated heterocycles. The van der Waals surface area contributed by atoms with E-state index in [1.807, 2.05) is 40.0 Å². The molecule has 7 heteroatoms. The molecule has 1 aromatic rings. The second-order valence-electron chi connectivity index (χ2n) is 5.85. The third-order valence-corrected chi connectivity index (χ3v) is 4.32. The molecule has 2 rings (SSSR count). The summed E-state index contributed by atoms with van der Waals surface area (Å²) in [7, 11) is 1.81. The highest BCUT2D eigenvalue weighted by molar-refractivity contribution is 9.10. The lowest BCUT2D eigenvalue weighted by Gasteiger charge is -2.40. The van der Waals surface area contributed by atoms with Gasteiger partial charge in [-0.05, 0) is 48.8 Å². The number of fused-ring (bicyclic) bond motifs is 1. The van der Waals surface area contributed by atoms with Crippen molar-refractivity contribution < 1.29 is 14.3 Å². The van der Waals surface area contributed by atoms with Crippen LogP contribution in [0.2, 0.25) is 0 Å². The number of nitrogens with zero attached hydrogens (tertiary/aromatic N) is 2. The molecule has 0 radical (unpaired) electrons. The normalized spacial score (nSPS) is 17.1. The van der Waals surface area contributed by atoms with E-state index >= 15 is 0 Å². The van der Waals surface area contributed by atoms with Crippen LogP contribution in [0, 0.1) is 0 Å². The third kappa shape index (κ3) is 3.44. The number of halogens is 1. The Morgan fingerprint density at radius 3 is 2.52 bits per heavy atom. The topological polar surface area (TPSA) is 61.9 Å². The summed E-state index contributed by atoms with van der Waals surface area (Å²) in [6, 6.07) is 3.57. The molecule has 0 bridgehead atoms. The van der Waals surface area contributed by atoms with Crippen LogP contribution < -0.4 is 15.1 Å². The van der Waals surface area contributed by atoms with Crippen molar-refractivity contribution in [3.63, 3.8) is 0 Å². The van der Waals surface area contributed by atoms with Crippen LogP contribution in [-0.2, 0) is 9.53 Å². The lowest BCUT2D eigenvalue weighted by atomic mass is 10.1. The number of hydrogen-bond donors (Lipinski definition) is 1. The first kappa shape index (κ1) is 17.6. The van der Waals surface area contributed by atoms with E-state index in [1.165, 1.54) is 6.92 Å². The van der Waals surface area contributed by atoms with Crippen molar-refractivity contribution in [3.8, 4) is 0 Å². The Kier molecular flexibility index (Phi) is 5.19. The number of rotatable bonds is 2. The highest BCUT2D eigenvalue weighted by atomic mass is 79.9. The zero-order valence-corrected chi connectivity index (χ0v) is 15.6. The number of carbonyl (C=O) groups excluding carboxylic acids is 2. The molecule has 0 fully saturated rings. The summed E-state index contributed by atoms with van der Waals surface area (Å²) in [4.78, 5) is 27.8. The van der Waals surface area contributed by atoms with Crippen LogP contribution in [0.25, 0.3) is 0 Å². The Balaban J connectivity index is 2.56. The lowest BCUT2D eigenvalue weighted by Crippen LogP contribution is -2.51. The van der Waals surface area contributed by atoms with Gasteiger partial charge in [0, 0.05) is 25.0 Å². The highest BCUT2D eigenvalue weighted by Crippen LogP contribution is 2.41. The molecule has 0 spiro atoms. The van der Waals surface area contributed by atoms with Crippen LogP contribution >= 0.6 is 15.9 Å². The van der Waals surface area contributed by atoms with Crippen molar-refractivity contribution in [3.05, 3.63) is 16.6 Å². The van der Waals surface area contributed by atoms with Crippen molar-refractivity contribution in [1.82, 2.24) is 0 Å². The number of ether oxygens (including phenoxy) is 1. The minimum atomic E-state index is -0.402. The summed E-state index contributed by atoms with van der Waals surface area (Å²) in [6.45, 7) is 7.47. The Morgan fingerprint density at radius 2 is 2.00 bits per heavy atom. The van der Waals surface area contributed by atoms with Crippen LogP contribution in [0.5, 0.6) is 0 Å². The quantitative estimate of drug-likeness (QED) is 0.847. The molecule has 23 heavy (non-hydrogen) atoms. The molecule has 0 saturated carbocycles. The fourth-order valence-corrected chi connectivity index (χ4v) is 3.28. The van der Waals surface area contributed by atoms with E-state index in [9.17, 15) is 9.59 Å². The lowest BCUT2D eigenvalue weighted by molar-refractivity contribution is -0.117. The van der Waals surface area contributed by atoms with Gasteiger partial charge in [0.1, 0.15) is 0 Å². The van der Waals surface area contributed by atoms with Crippen molar-refractivity contribution in [2.45, 2.75) is 39.8 Å². The van der Waals surface area contributed by atoms with Crippen molar-refractivity contribution >= 4 is 45.0 Å². The molecule has 6 nitrogen and oxygen atoms in total. The summed E-state index contributed by atoms with van der Waals surface area (Å²) >= 11 is 3.49. The zero-order chi connectivity index (χ0) is 17.3.